The van der Waals surface area contributed by atoms with Crippen molar-refractivity contribution in [2.75, 3.05) is 6.54 Å². The Kier molecular flexibility index (Phi) is 6.33. The van der Waals surface area contributed by atoms with Gasteiger partial charge >= 0.3 is 0 Å². The Morgan fingerprint density at radius 3 is 2.17 bits per heavy atom. The summed E-state index contributed by atoms with van der Waals surface area (Å²) in [4.78, 5) is 4.21. The molecule has 1 aromatic rings. The summed E-state index contributed by atoms with van der Waals surface area (Å²) in [5.74, 6) is 2.90. The van der Waals surface area contributed by atoms with Crippen LogP contribution in [0.5, 0.6) is 0 Å². The zero-order valence-electron chi connectivity index (χ0n) is 12.4. The number of nitrogens with one attached hydrogen (secondary N) is 1. The van der Waals surface area contributed by atoms with Crippen molar-refractivity contribution in [3.63, 3.8) is 0 Å². The molecule has 0 saturated carbocycles. The van der Waals surface area contributed by atoms with Gasteiger partial charge in [0.1, 0.15) is 0 Å². The molecule has 104 valence electrons. The average molecular weight is 253 g/mol. The van der Waals surface area contributed by atoms with E-state index >= 15 is 0 Å². The van der Waals surface area contributed by atoms with Crippen LogP contribution in [0.1, 0.15) is 52.3 Å². The molecule has 1 N–H and O–H groups in total. The molecule has 0 atom stereocenters. The van der Waals surface area contributed by atoms with Gasteiger partial charge in [0.2, 0.25) is 5.89 Å². The summed E-state index contributed by atoms with van der Waals surface area (Å²) in [6, 6.07) is 0.592. The minimum absolute atomic E-state index is 0.592. The summed E-state index contributed by atoms with van der Waals surface area (Å²) >= 11 is 0. The van der Waals surface area contributed by atoms with E-state index in [2.05, 4.69) is 43.2 Å². The molecule has 0 aliphatic rings. The van der Waals surface area contributed by atoms with Crippen molar-refractivity contribution in [3.8, 4) is 0 Å². The topological polar surface area (TPSA) is 51.0 Å². The number of hydrogen-bond donors (Lipinski definition) is 1. The van der Waals surface area contributed by atoms with Gasteiger partial charge in [0.15, 0.2) is 5.82 Å². The van der Waals surface area contributed by atoms with E-state index in [0.717, 1.165) is 30.7 Å². The average Bonchev–Trinajstić information content (AvgIpc) is 2.62. The van der Waals surface area contributed by atoms with Gasteiger partial charge in [0.25, 0.3) is 0 Å². The van der Waals surface area contributed by atoms with Crippen LogP contribution < -0.4 is 5.32 Å². The maximum Gasteiger partial charge on any atom is 0.227 e. The largest absolute Gasteiger partial charge is 0.339 e. The van der Waals surface area contributed by atoms with Crippen LogP contribution >= 0.6 is 0 Å². The van der Waals surface area contributed by atoms with E-state index in [0.29, 0.717) is 11.9 Å². The van der Waals surface area contributed by atoms with Gasteiger partial charge in [-0.3, -0.25) is 0 Å². The molecule has 0 aromatic carbocycles. The number of hydrogen-bond acceptors (Lipinski definition) is 4. The molecular weight excluding hydrogens is 226 g/mol. The first-order valence-electron chi connectivity index (χ1n) is 7.00. The maximum absolute atomic E-state index is 5.11. The fourth-order valence-electron chi connectivity index (χ4n) is 2.23. The van der Waals surface area contributed by atoms with E-state index < -0.39 is 0 Å². The Morgan fingerprint density at radius 1 is 1.11 bits per heavy atom. The van der Waals surface area contributed by atoms with Crippen LogP contribution in [-0.2, 0) is 6.42 Å². The predicted molar refractivity (Wildman–Crippen MR) is 73.4 cm³/mol. The number of aryl methyl sites for hydroxylation is 1. The highest BCUT2D eigenvalue weighted by Crippen LogP contribution is 2.13. The van der Waals surface area contributed by atoms with Crippen LogP contribution in [0, 0.1) is 18.8 Å². The fraction of sp³-hybridized carbons (Fsp3) is 0.857. The lowest BCUT2D eigenvalue weighted by molar-refractivity contribution is 0.342. The standard InChI is InChI=1S/C14H27N3O/c1-10(2)8-13(9-11(3)4)15-7-6-14-16-12(5)17-18-14/h10-11,13,15H,6-9H2,1-5H3. The Morgan fingerprint density at radius 2 is 1.72 bits per heavy atom. The highest BCUT2D eigenvalue weighted by Gasteiger charge is 2.12. The van der Waals surface area contributed by atoms with E-state index in [4.69, 9.17) is 4.52 Å². The summed E-state index contributed by atoms with van der Waals surface area (Å²) in [5, 5.41) is 7.41. The van der Waals surface area contributed by atoms with Gasteiger partial charge in [-0.05, 0) is 31.6 Å². The van der Waals surface area contributed by atoms with E-state index in [9.17, 15) is 0 Å². The first-order chi connectivity index (χ1) is 8.47. The SMILES string of the molecule is Cc1noc(CCNC(CC(C)C)CC(C)C)n1. The van der Waals surface area contributed by atoms with E-state index in [1.165, 1.54) is 12.8 Å². The van der Waals surface area contributed by atoms with E-state index in [1.807, 2.05) is 6.92 Å². The Labute approximate surface area is 111 Å². The summed E-state index contributed by atoms with van der Waals surface area (Å²) < 4.78 is 5.11. The molecule has 0 aliphatic carbocycles. The lowest BCUT2D eigenvalue weighted by Crippen LogP contribution is -2.33. The number of nitrogens with zero attached hydrogens (tertiary/aromatic N) is 2. The maximum atomic E-state index is 5.11. The molecule has 0 aliphatic heterocycles. The molecule has 0 saturated heterocycles. The van der Waals surface area contributed by atoms with Gasteiger partial charge in [-0.15, -0.1) is 0 Å². The molecule has 4 heteroatoms. The second-order valence-electron chi connectivity index (χ2n) is 5.90. The minimum Gasteiger partial charge on any atom is -0.339 e. The lowest BCUT2D eigenvalue weighted by Gasteiger charge is -2.22. The molecule has 1 rings (SSSR count). The summed E-state index contributed by atoms with van der Waals surface area (Å²) in [5.41, 5.74) is 0. The first-order valence-corrected chi connectivity index (χ1v) is 7.00. The lowest BCUT2D eigenvalue weighted by atomic mass is 9.95. The molecule has 0 radical (unpaired) electrons. The molecule has 0 fully saturated rings. The normalized spacial score (nSPS) is 12.0. The van der Waals surface area contributed by atoms with Crippen LogP contribution in [0.25, 0.3) is 0 Å². The minimum atomic E-state index is 0.592. The van der Waals surface area contributed by atoms with Crippen LogP contribution in [0.3, 0.4) is 0 Å². The number of aromatic nitrogens is 2. The summed E-state index contributed by atoms with van der Waals surface area (Å²) in [7, 11) is 0. The third kappa shape index (κ3) is 6.15. The van der Waals surface area contributed by atoms with Gasteiger partial charge in [-0.2, -0.15) is 4.98 Å². The highest BCUT2D eigenvalue weighted by atomic mass is 16.5. The van der Waals surface area contributed by atoms with E-state index in [-0.39, 0.29) is 0 Å². The van der Waals surface area contributed by atoms with E-state index in [1.54, 1.807) is 0 Å². The highest BCUT2D eigenvalue weighted by molar-refractivity contribution is 4.84. The molecule has 1 aromatic heterocycles. The molecule has 1 heterocycles. The van der Waals surface area contributed by atoms with Crippen molar-refractivity contribution in [1.29, 1.82) is 0 Å². The quantitative estimate of drug-likeness (QED) is 0.774. The second-order valence-corrected chi connectivity index (χ2v) is 5.90. The van der Waals surface area contributed by atoms with Crippen LogP contribution in [0.2, 0.25) is 0 Å². The third-order valence-corrected chi connectivity index (χ3v) is 2.85. The molecule has 0 amide bonds. The Hall–Kier alpha value is -0.900. The fourth-order valence-corrected chi connectivity index (χ4v) is 2.23. The van der Waals surface area contributed by atoms with Gasteiger partial charge in [-0.25, -0.2) is 0 Å². The molecule has 18 heavy (non-hydrogen) atoms. The Balaban J connectivity index is 2.32. The Bertz CT molecular complexity index is 324. The zero-order chi connectivity index (χ0) is 13.5. The van der Waals surface area contributed by atoms with Crippen molar-refractivity contribution >= 4 is 0 Å². The van der Waals surface area contributed by atoms with Crippen molar-refractivity contribution in [2.45, 2.75) is 59.9 Å². The second kappa shape index (κ2) is 7.52. The summed E-state index contributed by atoms with van der Waals surface area (Å²) in [6.45, 7) is 11.9. The van der Waals surface area contributed by atoms with Crippen LogP contribution in [0.15, 0.2) is 4.52 Å². The van der Waals surface area contributed by atoms with Gasteiger partial charge in [-0.1, -0.05) is 32.9 Å². The molecule has 0 bridgehead atoms. The molecule has 4 nitrogen and oxygen atoms in total. The zero-order valence-corrected chi connectivity index (χ0v) is 12.4. The number of rotatable bonds is 8. The summed E-state index contributed by atoms with van der Waals surface area (Å²) in [6.07, 6.45) is 3.26. The van der Waals surface area contributed by atoms with Crippen molar-refractivity contribution in [3.05, 3.63) is 11.7 Å². The van der Waals surface area contributed by atoms with Crippen molar-refractivity contribution in [1.82, 2.24) is 15.5 Å². The monoisotopic (exact) mass is 253 g/mol. The van der Waals surface area contributed by atoms with Crippen LogP contribution in [0.4, 0.5) is 0 Å². The van der Waals surface area contributed by atoms with Crippen LogP contribution in [-0.4, -0.2) is 22.7 Å². The molecule has 0 spiro atoms. The van der Waals surface area contributed by atoms with Gasteiger partial charge in [0.05, 0.1) is 0 Å². The molecular formula is C14H27N3O. The molecule has 0 unspecified atom stereocenters. The van der Waals surface area contributed by atoms with Gasteiger partial charge < -0.3 is 9.84 Å². The third-order valence-electron chi connectivity index (χ3n) is 2.85. The first kappa shape index (κ1) is 15.2. The van der Waals surface area contributed by atoms with Gasteiger partial charge in [0, 0.05) is 19.0 Å². The van der Waals surface area contributed by atoms with Crippen molar-refractivity contribution < 1.29 is 4.52 Å². The predicted octanol–water partition coefficient (Wildman–Crippen LogP) is 2.97. The smallest absolute Gasteiger partial charge is 0.227 e. The van der Waals surface area contributed by atoms with Crippen molar-refractivity contribution in [2.24, 2.45) is 11.8 Å².